The molecule has 0 unspecified atom stereocenters. The van der Waals surface area contributed by atoms with E-state index in [1.165, 1.54) is 0 Å². The van der Waals surface area contributed by atoms with E-state index in [1.54, 1.807) is 6.07 Å². The molecule has 1 heterocycles. The molecule has 2 rings (SSSR count). The summed E-state index contributed by atoms with van der Waals surface area (Å²) in [5.41, 5.74) is 2.02. The lowest BCUT2D eigenvalue weighted by Gasteiger charge is -1.96. The molecule has 0 fully saturated rings. The molecule has 14 heavy (non-hydrogen) atoms. The van der Waals surface area contributed by atoms with Crippen LogP contribution in [-0.4, -0.2) is 16.2 Å². The van der Waals surface area contributed by atoms with Crippen molar-refractivity contribution in [3.8, 4) is 0 Å². The number of carbonyl (C=O) groups is 1. The monoisotopic (exact) mass is 191 g/mol. The van der Waals surface area contributed by atoms with Crippen molar-refractivity contribution in [3.63, 3.8) is 0 Å². The van der Waals surface area contributed by atoms with Crippen LogP contribution in [0.5, 0.6) is 0 Å². The molecule has 1 N–H and O–H groups in total. The summed E-state index contributed by atoms with van der Waals surface area (Å²) >= 11 is 0. The first-order chi connectivity index (χ1) is 6.68. The van der Waals surface area contributed by atoms with Crippen molar-refractivity contribution in [2.24, 2.45) is 0 Å². The fourth-order valence-electron chi connectivity index (χ4n) is 1.44. The smallest absolute Gasteiger partial charge is 0.307 e. The zero-order chi connectivity index (χ0) is 10.1. The molecule has 0 atom stereocenters. The predicted molar refractivity (Wildman–Crippen MR) is 50.1 cm³/mol. The van der Waals surface area contributed by atoms with Crippen molar-refractivity contribution in [3.05, 3.63) is 29.5 Å². The average molecular weight is 191 g/mol. The lowest BCUT2D eigenvalue weighted by atomic mass is 10.1. The molecule has 0 saturated heterocycles. The average Bonchev–Trinajstić information content (AvgIpc) is 2.49. The van der Waals surface area contributed by atoms with Gasteiger partial charge in [-0.2, -0.15) is 0 Å². The van der Waals surface area contributed by atoms with E-state index in [4.69, 9.17) is 9.63 Å². The molecule has 0 amide bonds. The molecular weight excluding hydrogens is 182 g/mol. The zero-order valence-electron chi connectivity index (χ0n) is 7.65. The van der Waals surface area contributed by atoms with Crippen molar-refractivity contribution in [2.45, 2.75) is 13.3 Å². The third kappa shape index (κ3) is 1.35. The fourth-order valence-corrected chi connectivity index (χ4v) is 1.44. The lowest BCUT2D eigenvalue weighted by Crippen LogP contribution is -1.99. The Morgan fingerprint density at radius 2 is 2.36 bits per heavy atom. The quantitative estimate of drug-likeness (QED) is 0.785. The van der Waals surface area contributed by atoms with E-state index in [1.807, 2.05) is 19.1 Å². The predicted octanol–water partition coefficient (Wildman–Crippen LogP) is 1.76. The number of hydrogen-bond acceptors (Lipinski definition) is 3. The summed E-state index contributed by atoms with van der Waals surface area (Å²) in [5.74, 6) is -0.869. The van der Waals surface area contributed by atoms with Crippen molar-refractivity contribution in [1.82, 2.24) is 5.16 Å². The highest BCUT2D eigenvalue weighted by Gasteiger charge is 2.10. The third-order valence-electron chi connectivity index (χ3n) is 2.10. The third-order valence-corrected chi connectivity index (χ3v) is 2.10. The second-order valence-corrected chi connectivity index (χ2v) is 3.13. The second kappa shape index (κ2) is 3.14. The number of carboxylic acids is 1. The number of para-hydroxylation sites is 1. The van der Waals surface area contributed by atoms with Crippen molar-refractivity contribution >= 4 is 16.9 Å². The lowest BCUT2D eigenvalue weighted by molar-refractivity contribution is -0.136. The number of rotatable bonds is 2. The number of aromatic nitrogens is 1. The number of carboxylic acid groups (broad SMARTS) is 1. The number of nitrogens with zero attached hydrogens (tertiary/aromatic N) is 1. The van der Waals surface area contributed by atoms with E-state index in [2.05, 4.69) is 5.16 Å². The largest absolute Gasteiger partial charge is 0.481 e. The summed E-state index contributed by atoms with van der Waals surface area (Å²) in [4.78, 5) is 10.6. The number of aliphatic carboxylic acids is 1. The van der Waals surface area contributed by atoms with Crippen molar-refractivity contribution < 1.29 is 14.4 Å². The highest BCUT2D eigenvalue weighted by Crippen LogP contribution is 2.21. The van der Waals surface area contributed by atoms with Gasteiger partial charge in [0.25, 0.3) is 0 Å². The molecule has 1 aromatic heterocycles. The van der Waals surface area contributed by atoms with Gasteiger partial charge in [-0.25, -0.2) is 0 Å². The van der Waals surface area contributed by atoms with Crippen molar-refractivity contribution in [1.29, 1.82) is 0 Å². The van der Waals surface area contributed by atoms with Gasteiger partial charge in [0.1, 0.15) is 0 Å². The Morgan fingerprint density at radius 3 is 3.07 bits per heavy atom. The van der Waals surface area contributed by atoms with E-state index < -0.39 is 5.97 Å². The first-order valence-electron chi connectivity index (χ1n) is 4.24. The Hall–Kier alpha value is -1.84. The minimum absolute atomic E-state index is 0.0357. The molecule has 0 saturated carbocycles. The fraction of sp³-hybridized carbons (Fsp3) is 0.200. The minimum Gasteiger partial charge on any atom is -0.481 e. The van der Waals surface area contributed by atoms with Crippen LogP contribution in [0.25, 0.3) is 11.0 Å². The van der Waals surface area contributed by atoms with Gasteiger partial charge in [-0.3, -0.25) is 4.79 Å². The number of benzene rings is 1. The molecule has 0 radical (unpaired) electrons. The summed E-state index contributed by atoms with van der Waals surface area (Å²) in [5, 5.41) is 13.3. The van der Waals surface area contributed by atoms with Crippen LogP contribution in [0.15, 0.2) is 22.7 Å². The SMILES string of the molecule is Cc1noc2c(CC(=O)O)cccc12. The van der Waals surface area contributed by atoms with Gasteiger partial charge in [0.2, 0.25) is 0 Å². The maximum atomic E-state index is 10.6. The van der Waals surface area contributed by atoms with Crippen LogP contribution in [0.2, 0.25) is 0 Å². The maximum absolute atomic E-state index is 10.6. The van der Waals surface area contributed by atoms with Gasteiger partial charge in [0.15, 0.2) is 5.58 Å². The van der Waals surface area contributed by atoms with E-state index in [0.29, 0.717) is 11.1 Å². The van der Waals surface area contributed by atoms with Crippen LogP contribution in [-0.2, 0) is 11.2 Å². The van der Waals surface area contributed by atoms with Crippen LogP contribution < -0.4 is 0 Å². The standard InChI is InChI=1S/C10H9NO3/c1-6-8-4-2-3-7(5-9(12)13)10(8)14-11-6/h2-4H,5H2,1H3,(H,12,13). The van der Waals surface area contributed by atoms with Gasteiger partial charge in [0, 0.05) is 10.9 Å². The minimum atomic E-state index is -0.869. The Kier molecular flexibility index (Phi) is 1.96. The van der Waals surface area contributed by atoms with Gasteiger partial charge in [-0.05, 0) is 13.0 Å². The maximum Gasteiger partial charge on any atom is 0.307 e. The molecule has 0 aliphatic heterocycles. The molecular formula is C10H9NO3. The van der Waals surface area contributed by atoms with Crippen LogP contribution in [0.4, 0.5) is 0 Å². The molecule has 4 nitrogen and oxygen atoms in total. The summed E-state index contributed by atoms with van der Waals surface area (Å²) in [6.07, 6.45) is -0.0357. The molecule has 1 aromatic carbocycles. The first-order valence-corrected chi connectivity index (χ1v) is 4.24. The van der Waals surface area contributed by atoms with E-state index in [-0.39, 0.29) is 6.42 Å². The normalized spacial score (nSPS) is 10.6. The summed E-state index contributed by atoms with van der Waals surface area (Å²) in [6.45, 7) is 1.83. The zero-order valence-corrected chi connectivity index (χ0v) is 7.65. The Bertz CT molecular complexity index is 487. The Labute approximate surface area is 80.1 Å². The molecule has 0 spiro atoms. The number of hydrogen-bond donors (Lipinski definition) is 1. The summed E-state index contributed by atoms with van der Waals surface area (Å²) in [6, 6.07) is 5.42. The van der Waals surface area contributed by atoms with E-state index in [9.17, 15) is 4.79 Å². The molecule has 2 aromatic rings. The van der Waals surface area contributed by atoms with Crippen LogP contribution in [0.3, 0.4) is 0 Å². The molecule has 0 aliphatic carbocycles. The topological polar surface area (TPSA) is 63.3 Å². The number of aryl methyl sites for hydroxylation is 1. The summed E-state index contributed by atoms with van der Waals surface area (Å²) < 4.78 is 5.07. The molecule has 72 valence electrons. The van der Waals surface area contributed by atoms with E-state index >= 15 is 0 Å². The summed E-state index contributed by atoms with van der Waals surface area (Å²) in [7, 11) is 0. The molecule has 0 bridgehead atoms. The van der Waals surface area contributed by atoms with Crippen LogP contribution in [0, 0.1) is 6.92 Å². The van der Waals surface area contributed by atoms with Gasteiger partial charge in [0.05, 0.1) is 12.1 Å². The van der Waals surface area contributed by atoms with Gasteiger partial charge in [-0.1, -0.05) is 17.3 Å². The molecule has 4 heteroatoms. The van der Waals surface area contributed by atoms with Gasteiger partial charge in [-0.15, -0.1) is 0 Å². The Morgan fingerprint density at radius 1 is 1.57 bits per heavy atom. The highest BCUT2D eigenvalue weighted by atomic mass is 16.5. The van der Waals surface area contributed by atoms with Crippen molar-refractivity contribution in [2.75, 3.05) is 0 Å². The molecule has 0 aliphatic rings. The second-order valence-electron chi connectivity index (χ2n) is 3.13. The van der Waals surface area contributed by atoms with Gasteiger partial charge < -0.3 is 9.63 Å². The first kappa shape index (κ1) is 8.74. The Balaban J connectivity index is 2.59. The number of fused-ring (bicyclic) bond motifs is 1. The van der Waals surface area contributed by atoms with Gasteiger partial charge >= 0.3 is 5.97 Å². The highest BCUT2D eigenvalue weighted by molar-refractivity contribution is 5.85. The van der Waals surface area contributed by atoms with Crippen LogP contribution in [0.1, 0.15) is 11.3 Å². The van der Waals surface area contributed by atoms with E-state index in [0.717, 1.165) is 11.1 Å². The van der Waals surface area contributed by atoms with Crippen LogP contribution >= 0.6 is 0 Å².